The molecule has 1 aromatic rings. The van der Waals surface area contributed by atoms with E-state index in [4.69, 9.17) is 33.4 Å². The van der Waals surface area contributed by atoms with Crippen LogP contribution in [0.3, 0.4) is 0 Å². The van der Waals surface area contributed by atoms with Crippen LogP contribution in [-0.4, -0.2) is 42.9 Å². The van der Waals surface area contributed by atoms with Crippen molar-refractivity contribution in [2.45, 2.75) is 10.9 Å². The van der Waals surface area contributed by atoms with E-state index in [9.17, 15) is 8.42 Å². The lowest BCUT2D eigenvalue weighted by atomic mass is 10.4. The van der Waals surface area contributed by atoms with Crippen molar-refractivity contribution in [1.29, 1.82) is 0 Å². The molecule has 17 heavy (non-hydrogen) atoms. The van der Waals surface area contributed by atoms with Gasteiger partial charge in [0.25, 0.3) is 0 Å². The molecule has 1 heterocycles. The van der Waals surface area contributed by atoms with E-state index in [-0.39, 0.29) is 15.1 Å². The summed E-state index contributed by atoms with van der Waals surface area (Å²) in [6.45, 7) is -1.05. The van der Waals surface area contributed by atoms with Crippen molar-refractivity contribution in [2.24, 2.45) is 0 Å². The first-order valence-corrected chi connectivity index (χ1v) is 6.69. The van der Waals surface area contributed by atoms with Gasteiger partial charge in [-0.15, -0.1) is 0 Å². The Balaban J connectivity index is 3.01. The molecule has 9 heteroatoms. The molecule has 0 saturated heterocycles. The Hall–Kier alpha value is -0.440. The highest BCUT2D eigenvalue weighted by molar-refractivity contribution is 7.89. The number of hydrogen-bond acceptors (Lipinski definition) is 5. The molecule has 0 amide bonds. The second-order valence-electron chi connectivity index (χ2n) is 3.13. The average molecular weight is 301 g/mol. The van der Waals surface area contributed by atoms with E-state index in [2.05, 4.69) is 9.71 Å². The van der Waals surface area contributed by atoms with Gasteiger partial charge in [0.05, 0.1) is 24.3 Å². The number of rotatable bonds is 5. The van der Waals surface area contributed by atoms with E-state index in [1.807, 2.05) is 0 Å². The maximum absolute atomic E-state index is 11.7. The SMILES string of the molecule is O=S(=O)(NC(CO)CO)c1cnc(Cl)c(Cl)c1. The molecule has 0 aliphatic heterocycles. The highest BCUT2D eigenvalue weighted by atomic mass is 35.5. The fourth-order valence-electron chi connectivity index (χ4n) is 0.970. The third-order valence-electron chi connectivity index (χ3n) is 1.84. The van der Waals surface area contributed by atoms with Crippen molar-refractivity contribution in [1.82, 2.24) is 9.71 Å². The smallest absolute Gasteiger partial charge is 0.242 e. The number of aliphatic hydroxyl groups excluding tert-OH is 2. The van der Waals surface area contributed by atoms with Crippen LogP contribution in [0.1, 0.15) is 0 Å². The highest BCUT2D eigenvalue weighted by Gasteiger charge is 2.20. The minimum Gasteiger partial charge on any atom is -0.395 e. The van der Waals surface area contributed by atoms with E-state index in [1.165, 1.54) is 0 Å². The van der Waals surface area contributed by atoms with Crippen molar-refractivity contribution < 1.29 is 18.6 Å². The zero-order chi connectivity index (χ0) is 13.1. The van der Waals surface area contributed by atoms with Gasteiger partial charge < -0.3 is 10.2 Å². The lowest BCUT2D eigenvalue weighted by Crippen LogP contribution is -2.40. The maximum Gasteiger partial charge on any atom is 0.242 e. The van der Waals surface area contributed by atoms with E-state index in [1.54, 1.807) is 0 Å². The van der Waals surface area contributed by atoms with Gasteiger partial charge in [0, 0.05) is 6.20 Å². The number of nitrogens with one attached hydrogen (secondary N) is 1. The molecule has 0 bridgehead atoms. The summed E-state index contributed by atoms with van der Waals surface area (Å²) in [6.07, 6.45) is 1.03. The predicted octanol–water partition coefficient (Wildman–Crippen LogP) is 0.0199. The zero-order valence-electron chi connectivity index (χ0n) is 8.47. The number of pyridine rings is 1. The molecule has 3 N–H and O–H groups in total. The first kappa shape index (κ1) is 14.6. The van der Waals surface area contributed by atoms with Gasteiger partial charge in [0.15, 0.2) is 0 Å². The quantitative estimate of drug-likeness (QED) is 0.666. The van der Waals surface area contributed by atoms with E-state index < -0.39 is 29.3 Å². The number of sulfonamides is 1. The molecule has 0 aromatic carbocycles. The van der Waals surface area contributed by atoms with Crippen LogP contribution >= 0.6 is 23.2 Å². The van der Waals surface area contributed by atoms with Crippen LogP contribution in [0.25, 0.3) is 0 Å². The number of halogens is 2. The Morgan fingerprint density at radius 2 is 1.94 bits per heavy atom. The summed E-state index contributed by atoms with van der Waals surface area (Å²) in [5.74, 6) is 0. The maximum atomic E-state index is 11.7. The summed E-state index contributed by atoms with van der Waals surface area (Å²) < 4.78 is 25.6. The monoisotopic (exact) mass is 300 g/mol. The third kappa shape index (κ3) is 3.77. The Morgan fingerprint density at radius 3 is 2.41 bits per heavy atom. The molecule has 0 atom stereocenters. The number of nitrogens with zero attached hydrogens (tertiary/aromatic N) is 1. The molecule has 0 aliphatic carbocycles. The van der Waals surface area contributed by atoms with Crippen LogP contribution in [0.5, 0.6) is 0 Å². The first-order chi connectivity index (χ1) is 7.90. The van der Waals surface area contributed by atoms with E-state index in [0.717, 1.165) is 12.3 Å². The molecule has 1 aromatic heterocycles. The van der Waals surface area contributed by atoms with Crippen LogP contribution in [0.15, 0.2) is 17.2 Å². The minimum absolute atomic E-state index is 0.000844. The highest BCUT2D eigenvalue weighted by Crippen LogP contribution is 2.22. The molecule has 1 rings (SSSR count). The average Bonchev–Trinajstić information content (AvgIpc) is 2.29. The van der Waals surface area contributed by atoms with Crippen molar-refractivity contribution in [3.05, 3.63) is 22.4 Å². The van der Waals surface area contributed by atoms with Crippen LogP contribution in [0.2, 0.25) is 10.2 Å². The van der Waals surface area contributed by atoms with Crippen LogP contribution in [-0.2, 0) is 10.0 Å². The Bertz CT molecular complexity index is 490. The standard InChI is InChI=1S/C8H10Cl2N2O4S/c9-7-1-6(2-11-8(7)10)17(15,16)12-5(3-13)4-14/h1-2,5,12-14H,3-4H2. The zero-order valence-corrected chi connectivity index (χ0v) is 10.8. The summed E-state index contributed by atoms with van der Waals surface area (Å²) in [5.41, 5.74) is 0. The second kappa shape index (κ2) is 5.94. The minimum atomic E-state index is -3.90. The molecule has 0 radical (unpaired) electrons. The fourth-order valence-corrected chi connectivity index (χ4v) is 2.49. The van der Waals surface area contributed by atoms with E-state index in [0.29, 0.717) is 0 Å². The van der Waals surface area contributed by atoms with Gasteiger partial charge in [-0.3, -0.25) is 0 Å². The van der Waals surface area contributed by atoms with E-state index >= 15 is 0 Å². The number of hydrogen-bond donors (Lipinski definition) is 3. The van der Waals surface area contributed by atoms with Crippen molar-refractivity contribution in [2.75, 3.05) is 13.2 Å². The van der Waals surface area contributed by atoms with Crippen LogP contribution in [0, 0.1) is 0 Å². The molecule has 96 valence electrons. The Morgan fingerprint density at radius 1 is 1.35 bits per heavy atom. The van der Waals surface area contributed by atoms with Gasteiger partial charge in [0.1, 0.15) is 10.0 Å². The molecular formula is C8H10Cl2N2O4S. The van der Waals surface area contributed by atoms with Gasteiger partial charge in [-0.1, -0.05) is 23.2 Å². The third-order valence-corrected chi connectivity index (χ3v) is 4.02. The van der Waals surface area contributed by atoms with Crippen molar-refractivity contribution in [3.63, 3.8) is 0 Å². The molecule has 0 aliphatic rings. The molecular weight excluding hydrogens is 291 g/mol. The van der Waals surface area contributed by atoms with Crippen molar-refractivity contribution in [3.8, 4) is 0 Å². The molecule has 0 spiro atoms. The summed E-state index contributed by atoms with van der Waals surface area (Å²) in [5, 5.41) is 17.6. The van der Waals surface area contributed by atoms with Crippen LogP contribution in [0.4, 0.5) is 0 Å². The normalized spacial score (nSPS) is 12.1. The molecule has 0 saturated carbocycles. The number of aromatic nitrogens is 1. The summed E-state index contributed by atoms with van der Waals surface area (Å²) in [7, 11) is -3.90. The summed E-state index contributed by atoms with van der Waals surface area (Å²) in [6, 6.07) is 0.153. The first-order valence-electron chi connectivity index (χ1n) is 4.46. The Kier molecular flexibility index (Phi) is 5.11. The second-order valence-corrected chi connectivity index (χ2v) is 5.61. The number of aliphatic hydroxyl groups is 2. The lowest BCUT2D eigenvalue weighted by molar-refractivity contribution is 0.185. The van der Waals surface area contributed by atoms with Gasteiger partial charge in [0.2, 0.25) is 10.0 Å². The summed E-state index contributed by atoms with van der Waals surface area (Å²) in [4.78, 5) is 3.40. The van der Waals surface area contributed by atoms with Gasteiger partial charge in [-0.2, -0.15) is 0 Å². The Labute approximate surface area is 108 Å². The van der Waals surface area contributed by atoms with Crippen LogP contribution < -0.4 is 4.72 Å². The fraction of sp³-hybridized carbons (Fsp3) is 0.375. The predicted molar refractivity (Wildman–Crippen MR) is 62.5 cm³/mol. The van der Waals surface area contributed by atoms with Crippen molar-refractivity contribution >= 4 is 33.2 Å². The van der Waals surface area contributed by atoms with Gasteiger partial charge in [-0.05, 0) is 6.07 Å². The van der Waals surface area contributed by atoms with Gasteiger partial charge >= 0.3 is 0 Å². The molecule has 0 fully saturated rings. The molecule has 6 nitrogen and oxygen atoms in total. The topological polar surface area (TPSA) is 99.5 Å². The lowest BCUT2D eigenvalue weighted by Gasteiger charge is -2.13. The summed E-state index contributed by atoms with van der Waals surface area (Å²) >= 11 is 11.2. The largest absolute Gasteiger partial charge is 0.395 e. The van der Waals surface area contributed by atoms with Gasteiger partial charge in [-0.25, -0.2) is 18.1 Å². The molecule has 0 unspecified atom stereocenters.